The van der Waals surface area contributed by atoms with Gasteiger partial charge in [0.1, 0.15) is 41.7 Å². The van der Waals surface area contributed by atoms with Crippen molar-refractivity contribution < 1.29 is 87.1 Å². The van der Waals surface area contributed by atoms with E-state index in [1.807, 2.05) is 0 Å². The first-order valence-electron chi connectivity index (χ1n) is 17.0. The van der Waals surface area contributed by atoms with Crippen LogP contribution in [-0.4, -0.2) is 122 Å². The van der Waals surface area contributed by atoms with Crippen LogP contribution < -0.4 is 0 Å². The van der Waals surface area contributed by atoms with Crippen molar-refractivity contribution in [3.63, 3.8) is 0 Å². The second-order valence-corrected chi connectivity index (χ2v) is 15.5. The summed E-state index contributed by atoms with van der Waals surface area (Å²) in [5.74, 6) is -9.83. The van der Waals surface area contributed by atoms with Gasteiger partial charge in [-0.15, -0.1) is 0 Å². The summed E-state index contributed by atoms with van der Waals surface area (Å²) in [6.45, 7) is 5.35. The van der Waals surface area contributed by atoms with Crippen molar-refractivity contribution in [1.29, 1.82) is 0 Å². The topological polar surface area (TPSA) is 272 Å². The molecule has 2 bridgehead atoms. The standard InChI is InChI=1S/C35H44O18/c1-15(36)49-14-31-20(10-22(40)47-7)29(5)13-32(31,43)34(45,27(29)51-17(3)38)28(52-18(4)39)33(44)21-11-23(41)53-25(19-8-9-48-12-19)30(21,6)24(42)26(35(31,33)46)50-16(2)37/h8-9,12,20-21,24-28,42-46H,10-11,13-14H2,1-7H3/t20-,21+,24-,25-,26+,27-,28-,29+,30-,31+,32?,33+,34-,35-/m0/s1. The lowest BCUT2D eigenvalue weighted by Crippen LogP contribution is -2.98. The van der Waals surface area contributed by atoms with Gasteiger partial charge in [0, 0.05) is 56.4 Å². The Labute approximate surface area is 302 Å². The molecular weight excluding hydrogens is 708 g/mol. The molecule has 4 saturated carbocycles. The molecular formula is C35H44O18. The van der Waals surface area contributed by atoms with Gasteiger partial charge in [0.25, 0.3) is 0 Å². The summed E-state index contributed by atoms with van der Waals surface area (Å²) >= 11 is 0. The minimum Gasteiger partial charge on any atom is -0.472 e. The summed E-state index contributed by atoms with van der Waals surface area (Å²) in [4.78, 5) is 78.6. The van der Waals surface area contributed by atoms with Gasteiger partial charge in [-0.3, -0.25) is 28.8 Å². The van der Waals surface area contributed by atoms with E-state index in [9.17, 15) is 54.3 Å². The molecule has 4 aliphatic carbocycles. The highest BCUT2D eigenvalue weighted by Gasteiger charge is 3.01. The Hall–Kier alpha value is -4.10. The maximum atomic E-state index is 13.9. The van der Waals surface area contributed by atoms with E-state index in [0.717, 1.165) is 34.8 Å². The molecule has 0 aromatic carbocycles. The minimum atomic E-state index is -3.41. The van der Waals surface area contributed by atoms with Crippen molar-refractivity contribution in [1.82, 2.24) is 0 Å². The summed E-state index contributed by atoms with van der Waals surface area (Å²) in [6.07, 6.45) is -10.5. The molecule has 1 aromatic rings. The Kier molecular flexibility index (Phi) is 8.71. The fourth-order valence-electron chi connectivity index (χ4n) is 11.5. The third kappa shape index (κ3) is 4.43. The van der Waals surface area contributed by atoms with Gasteiger partial charge in [0.05, 0.1) is 31.5 Å². The van der Waals surface area contributed by atoms with Gasteiger partial charge in [-0.2, -0.15) is 0 Å². The van der Waals surface area contributed by atoms with Crippen LogP contribution in [0.4, 0.5) is 0 Å². The van der Waals surface area contributed by atoms with Gasteiger partial charge in [0.2, 0.25) is 0 Å². The van der Waals surface area contributed by atoms with E-state index in [0.29, 0.717) is 0 Å². The Balaban J connectivity index is 1.82. The van der Waals surface area contributed by atoms with Crippen LogP contribution in [0.2, 0.25) is 0 Å². The molecule has 1 aliphatic heterocycles. The number of aliphatic hydroxyl groups excluding tert-OH is 1. The zero-order valence-corrected chi connectivity index (χ0v) is 30.1. The predicted molar refractivity (Wildman–Crippen MR) is 168 cm³/mol. The van der Waals surface area contributed by atoms with Crippen molar-refractivity contribution in [2.45, 2.75) is 114 Å². The number of aliphatic hydroxyl groups is 5. The minimum absolute atomic E-state index is 0.142. The van der Waals surface area contributed by atoms with Crippen LogP contribution in [0.25, 0.3) is 0 Å². The molecule has 18 nitrogen and oxygen atoms in total. The lowest BCUT2D eigenvalue weighted by Gasteiger charge is -2.78. The molecule has 5 fully saturated rings. The quantitative estimate of drug-likeness (QED) is 0.160. The maximum Gasteiger partial charge on any atom is 0.306 e. The lowest BCUT2D eigenvalue weighted by atomic mass is 9.32. The number of methoxy groups -OCH3 is 1. The first kappa shape index (κ1) is 38.6. The van der Waals surface area contributed by atoms with Crippen molar-refractivity contribution in [2.75, 3.05) is 13.7 Å². The van der Waals surface area contributed by atoms with Gasteiger partial charge in [-0.1, -0.05) is 13.8 Å². The Morgan fingerprint density at radius 1 is 0.887 bits per heavy atom. The summed E-state index contributed by atoms with van der Waals surface area (Å²) in [5.41, 5.74) is -19.4. The number of furan rings is 1. The van der Waals surface area contributed by atoms with Crippen molar-refractivity contribution in [2.24, 2.45) is 28.1 Å². The van der Waals surface area contributed by atoms with Crippen LogP contribution in [0.5, 0.6) is 0 Å². The Morgan fingerprint density at radius 3 is 2.02 bits per heavy atom. The molecule has 1 aromatic heterocycles. The number of ether oxygens (including phenoxy) is 6. The van der Waals surface area contributed by atoms with E-state index in [1.54, 1.807) is 0 Å². The van der Waals surface area contributed by atoms with E-state index < -0.39 is 143 Å². The molecule has 1 unspecified atom stereocenters. The van der Waals surface area contributed by atoms with Crippen molar-refractivity contribution in [3.05, 3.63) is 24.2 Å². The SMILES string of the molecule is COC(=O)C[C@H]1[C@@]2(C)CC3(O)[C@@](O)([C@@H](OC(C)=O)[C@]4(O)[C@@H]5CC(=O)O[C@@H](c6ccoc6)[C@]5(C)[C@@H](O)[C@@H](OC(C)=O)[C@]4(O)[C@]13COC(C)=O)[C@H]2OC(C)=O. The number of hydrogen-bond acceptors (Lipinski definition) is 18. The van der Waals surface area contributed by atoms with Crippen LogP contribution in [0.3, 0.4) is 0 Å². The van der Waals surface area contributed by atoms with Gasteiger partial charge in [-0.25, -0.2) is 0 Å². The number of carbonyl (C=O) groups excluding carboxylic acids is 6. The molecule has 6 rings (SSSR count). The smallest absolute Gasteiger partial charge is 0.306 e. The zero-order chi connectivity index (χ0) is 39.5. The lowest BCUT2D eigenvalue weighted by molar-refractivity contribution is -0.468. The fraction of sp³-hybridized carbons (Fsp3) is 0.714. The number of cyclic esters (lactones) is 1. The molecule has 53 heavy (non-hydrogen) atoms. The van der Waals surface area contributed by atoms with E-state index in [4.69, 9.17) is 32.8 Å². The maximum absolute atomic E-state index is 13.9. The molecule has 292 valence electrons. The van der Waals surface area contributed by atoms with Crippen molar-refractivity contribution in [3.8, 4) is 0 Å². The molecule has 1 saturated heterocycles. The van der Waals surface area contributed by atoms with E-state index in [1.165, 1.54) is 32.4 Å². The number of rotatable bonds is 8. The Morgan fingerprint density at radius 2 is 1.49 bits per heavy atom. The largest absolute Gasteiger partial charge is 0.472 e. The summed E-state index contributed by atoms with van der Waals surface area (Å²) < 4.78 is 38.7. The fourth-order valence-corrected chi connectivity index (χ4v) is 11.5. The van der Waals surface area contributed by atoms with Crippen molar-refractivity contribution >= 4 is 35.8 Å². The number of esters is 6. The van der Waals surface area contributed by atoms with Crippen LogP contribution in [0, 0.1) is 28.1 Å². The zero-order valence-electron chi connectivity index (χ0n) is 30.1. The summed E-state index contributed by atoms with van der Waals surface area (Å²) in [5, 5.41) is 67.0. The Bertz CT molecular complexity index is 1740. The van der Waals surface area contributed by atoms with Crippen LogP contribution in [-0.2, 0) is 57.2 Å². The highest BCUT2D eigenvalue weighted by molar-refractivity contribution is 5.75. The predicted octanol–water partition coefficient (Wildman–Crippen LogP) is -0.850. The summed E-state index contributed by atoms with van der Waals surface area (Å²) in [7, 11) is 1.04. The number of carbonyl (C=O) groups is 6. The van der Waals surface area contributed by atoms with E-state index >= 15 is 0 Å². The normalized spacial score (nSPS) is 46.3. The van der Waals surface area contributed by atoms with Crippen LogP contribution in [0.1, 0.15) is 72.5 Å². The van der Waals surface area contributed by atoms with Gasteiger partial charge in [0.15, 0.2) is 17.8 Å². The first-order chi connectivity index (χ1) is 24.5. The van der Waals surface area contributed by atoms with Gasteiger partial charge in [-0.05, 0) is 18.4 Å². The van der Waals surface area contributed by atoms with Gasteiger partial charge >= 0.3 is 35.8 Å². The molecule has 2 heterocycles. The molecule has 0 radical (unpaired) electrons. The van der Waals surface area contributed by atoms with Crippen LogP contribution >= 0.6 is 0 Å². The third-order valence-electron chi connectivity index (χ3n) is 13.1. The molecule has 0 spiro atoms. The molecule has 14 atom stereocenters. The molecule has 5 N–H and O–H groups in total. The average molecular weight is 753 g/mol. The monoisotopic (exact) mass is 752 g/mol. The van der Waals surface area contributed by atoms with E-state index in [-0.39, 0.29) is 5.56 Å². The molecule has 5 aliphatic rings. The second kappa shape index (κ2) is 11.9. The van der Waals surface area contributed by atoms with E-state index in [2.05, 4.69) is 0 Å². The average Bonchev–Trinajstić information content (AvgIpc) is 3.71. The van der Waals surface area contributed by atoms with Crippen LogP contribution in [0.15, 0.2) is 23.0 Å². The molecule has 18 heteroatoms. The number of fused-ring (bicyclic) bond motifs is 5. The second-order valence-electron chi connectivity index (χ2n) is 15.5. The third-order valence-corrected chi connectivity index (χ3v) is 13.1. The molecule has 0 amide bonds. The van der Waals surface area contributed by atoms with Gasteiger partial charge < -0.3 is 58.4 Å². The highest BCUT2D eigenvalue weighted by Crippen LogP contribution is 2.83. The highest BCUT2D eigenvalue weighted by atomic mass is 16.6. The summed E-state index contributed by atoms with van der Waals surface area (Å²) in [6, 6.07) is 1.39. The number of hydrogen-bond donors (Lipinski definition) is 5. The first-order valence-corrected chi connectivity index (χ1v) is 17.0.